The Morgan fingerprint density at radius 1 is 1.57 bits per heavy atom. The van der Waals surface area contributed by atoms with E-state index in [0.717, 1.165) is 18.7 Å². The van der Waals surface area contributed by atoms with Crippen LogP contribution in [0.25, 0.3) is 0 Å². The zero-order chi connectivity index (χ0) is 16.7. The number of rotatable bonds is 4. The quantitative estimate of drug-likeness (QED) is 0.680. The van der Waals surface area contributed by atoms with Crippen LogP contribution in [0.5, 0.6) is 0 Å². The molecule has 0 unspecified atom stereocenters. The predicted octanol–water partition coefficient (Wildman–Crippen LogP) is 1.82. The van der Waals surface area contributed by atoms with Crippen molar-refractivity contribution in [2.24, 2.45) is 5.41 Å². The molecule has 2 atom stereocenters. The predicted molar refractivity (Wildman–Crippen MR) is 88.3 cm³/mol. The minimum atomic E-state index is -0.667. The number of fused-ring (bicyclic) bond motifs is 4. The molecule has 5 heteroatoms. The lowest BCUT2D eigenvalue weighted by atomic mass is 9.72. The molecule has 2 aliphatic heterocycles. The summed E-state index contributed by atoms with van der Waals surface area (Å²) in [6, 6.07) is 5.33. The van der Waals surface area contributed by atoms with E-state index in [-0.39, 0.29) is 17.4 Å². The maximum absolute atomic E-state index is 12.9. The normalized spacial score (nSPS) is 26.3. The molecule has 1 aromatic heterocycles. The van der Waals surface area contributed by atoms with Crippen LogP contribution in [0.3, 0.4) is 0 Å². The summed E-state index contributed by atoms with van der Waals surface area (Å²) in [4.78, 5) is 25.2. The Morgan fingerprint density at radius 2 is 2.35 bits per heavy atom. The molecule has 3 heterocycles. The topological polar surface area (TPSA) is 60.3 Å². The largest absolute Gasteiger partial charge is 0.459 e. The van der Waals surface area contributed by atoms with Crippen molar-refractivity contribution in [3.8, 4) is 0 Å². The second kappa shape index (κ2) is 5.64. The van der Waals surface area contributed by atoms with Crippen LogP contribution in [0, 0.1) is 5.41 Å². The molecule has 5 nitrogen and oxygen atoms in total. The first kappa shape index (κ1) is 16.0. The van der Waals surface area contributed by atoms with Gasteiger partial charge >= 0.3 is 5.97 Å². The van der Waals surface area contributed by atoms with Gasteiger partial charge in [0.1, 0.15) is 5.60 Å². The van der Waals surface area contributed by atoms with E-state index in [4.69, 9.17) is 4.74 Å². The van der Waals surface area contributed by atoms with E-state index in [1.807, 2.05) is 19.9 Å². The smallest absolute Gasteiger partial charge is 0.315 e. The average Bonchev–Trinajstić information content (AvgIpc) is 2.48. The van der Waals surface area contributed by atoms with Crippen LogP contribution in [-0.2, 0) is 16.1 Å². The maximum atomic E-state index is 12.9. The molecule has 124 valence electrons. The van der Waals surface area contributed by atoms with Gasteiger partial charge in [-0.25, -0.2) is 0 Å². The summed E-state index contributed by atoms with van der Waals surface area (Å²) >= 11 is 0. The summed E-state index contributed by atoms with van der Waals surface area (Å²) in [5.74, 6) is -0.0515. The van der Waals surface area contributed by atoms with Crippen molar-refractivity contribution in [2.45, 2.75) is 44.8 Å². The number of pyridine rings is 1. The standard InChI is InChI=1S/C18H24N2O3/c1-4-8-17(2,3)23-16(22)18-9-13(10-19-11-18)14-6-5-7-15(21)20(14)12-18/h4-7,13,19H,1,8-12H2,2-3H3/t13-,18-/m1/s1. The van der Waals surface area contributed by atoms with Crippen molar-refractivity contribution in [1.82, 2.24) is 9.88 Å². The zero-order valence-corrected chi connectivity index (χ0v) is 13.8. The first-order valence-corrected chi connectivity index (χ1v) is 8.12. The molecular weight excluding hydrogens is 292 g/mol. The summed E-state index contributed by atoms with van der Waals surface area (Å²) < 4.78 is 7.53. The number of carbonyl (C=O) groups excluding carboxylic acids is 1. The summed E-state index contributed by atoms with van der Waals surface area (Å²) in [6.07, 6.45) is 3.09. The van der Waals surface area contributed by atoms with Gasteiger partial charge in [0.15, 0.2) is 0 Å². The fourth-order valence-corrected chi connectivity index (χ4v) is 3.76. The van der Waals surface area contributed by atoms with E-state index in [9.17, 15) is 9.59 Å². The SMILES string of the molecule is C=CCC(C)(C)OC(=O)[C@@]12CNC[C@@H](C1)c1cccc(=O)n1C2. The lowest BCUT2D eigenvalue weighted by Gasteiger charge is -2.45. The molecule has 1 saturated heterocycles. The third-order valence-corrected chi connectivity index (χ3v) is 4.89. The highest BCUT2D eigenvalue weighted by Gasteiger charge is 2.49. The molecule has 0 amide bonds. The molecule has 2 bridgehead atoms. The highest BCUT2D eigenvalue weighted by Crippen LogP contribution is 2.42. The number of carbonyl (C=O) groups is 1. The summed E-state index contributed by atoms with van der Waals surface area (Å²) in [6.45, 7) is 9.21. The Bertz CT molecular complexity index is 692. The molecule has 0 aromatic carbocycles. The number of piperidine rings is 1. The lowest BCUT2D eigenvalue weighted by molar-refractivity contribution is -0.172. The van der Waals surface area contributed by atoms with Crippen LogP contribution < -0.4 is 10.9 Å². The van der Waals surface area contributed by atoms with Crippen molar-refractivity contribution >= 4 is 5.97 Å². The minimum Gasteiger partial charge on any atom is -0.459 e. The monoisotopic (exact) mass is 316 g/mol. The Labute approximate surface area is 136 Å². The minimum absolute atomic E-state index is 0.0448. The van der Waals surface area contributed by atoms with Gasteiger partial charge in [-0.1, -0.05) is 12.1 Å². The molecule has 1 N–H and O–H groups in total. The molecule has 0 radical (unpaired) electrons. The van der Waals surface area contributed by atoms with Crippen LogP contribution in [0.2, 0.25) is 0 Å². The fraction of sp³-hybridized carbons (Fsp3) is 0.556. The van der Waals surface area contributed by atoms with E-state index in [2.05, 4.69) is 11.9 Å². The van der Waals surface area contributed by atoms with E-state index in [1.165, 1.54) is 0 Å². The number of hydrogen-bond donors (Lipinski definition) is 1. The van der Waals surface area contributed by atoms with Crippen molar-refractivity contribution in [3.05, 3.63) is 46.9 Å². The average molecular weight is 316 g/mol. The Kier molecular flexibility index (Phi) is 3.92. The number of nitrogens with one attached hydrogen (secondary N) is 1. The van der Waals surface area contributed by atoms with Crippen molar-refractivity contribution in [3.63, 3.8) is 0 Å². The molecule has 3 rings (SSSR count). The molecule has 23 heavy (non-hydrogen) atoms. The van der Waals surface area contributed by atoms with Crippen LogP contribution >= 0.6 is 0 Å². The number of hydrogen-bond acceptors (Lipinski definition) is 4. The number of aromatic nitrogens is 1. The van der Waals surface area contributed by atoms with Crippen LogP contribution in [-0.4, -0.2) is 29.2 Å². The number of ether oxygens (including phenoxy) is 1. The number of esters is 1. The van der Waals surface area contributed by atoms with Crippen LogP contribution in [0.4, 0.5) is 0 Å². The Balaban J connectivity index is 1.93. The van der Waals surface area contributed by atoms with Crippen molar-refractivity contribution < 1.29 is 9.53 Å². The summed E-state index contributed by atoms with van der Waals surface area (Å²) in [7, 11) is 0. The second-order valence-electron chi connectivity index (χ2n) is 7.33. The molecule has 1 aromatic rings. The highest BCUT2D eigenvalue weighted by molar-refractivity contribution is 5.78. The first-order chi connectivity index (χ1) is 10.9. The van der Waals surface area contributed by atoms with Crippen LogP contribution in [0.1, 0.15) is 38.3 Å². The summed E-state index contributed by atoms with van der Waals surface area (Å²) in [5.41, 5.74) is -0.280. The van der Waals surface area contributed by atoms with Gasteiger partial charge < -0.3 is 14.6 Å². The van der Waals surface area contributed by atoms with Crippen LogP contribution in [0.15, 0.2) is 35.6 Å². The van der Waals surface area contributed by atoms with Gasteiger partial charge in [0, 0.05) is 43.7 Å². The molecule has 1 fully saturated rings. The Hall–Kier alpha value is -1.88. The fourth-order valence-electron chi connectivity index (χ4n) is 3.76. The highest BCUT2D eigenvalue weighted by atomic mass is 16.6. The van der Waals surface area contributed by atoms with E-state index in [0.29, 0.717) is 19.5 Å². The van der Waals surface area contributed by atoms with Gasteiger partial charge in [0.25, 0.3) is 5.56 Å². The first-order valence-electron chi connectivity index (χ1n) is 8.12. The van der Waals surface area contributed by atoms with Crippen molar-refractivity contribution in [1.29, 1.82) is 0 Å². The summed E-state index contributed by atoms with van der Waals surface area (Å²) in [5, 5.41) is 3.35. The second-order valence-corrected chi connectivity index (χ2v) is 7.33. The van der Waals surface area contributed by atoms with Gasteiger partial charge in [0.2, 0.25) is 0 Å². The zero-order valence-electron chi connectivity index (χ0n) is 13.8. The van der Waals surface area contributed by atoms with Gasteiger partial charge in [-0.3, -0.25) is 9.59 Å². The Morgan fingerprint density at radius 3 is 3.09 bits per heavy atom. The molecule has 0 spiro atoms. The van der Waals surface area contributed by atoms with Gasteiger partial charge in [0.05, 0.1) is 5.41 Å². The number of nitrogens with zero attached hydrogens (tertiary/aromatic N) is 1. The van der Waals surface area contributed by atoms with Gasteiger partial charge in [-0.2, -0.15) is 0 Å². The maximum Gasteiger partial charge on any atom is 0.315 e. The van der Waals surface area contributed by atoms with E-state index >= 15 is 0 Å². The van der Waals surface area contributed by atoms with E-state index < -0.39 is 11.0 Å². The third-order valence-electron chi connectivity index (χ3n) is 4.89. The molecular formula is C18H24N2O3. The lowest BCUT2D eigenvalue weighted by Crippen LogP contribution is -2.57. The van der Waals surface area contributed by atoms with Crippen molar-refractivity contribution in [2.75, 3.05) is 13.1 Å². The van der Waals surface area contributed by atoms with Gasteiger partial charge in [-0.15, -0.1) is 6.58 Å². The van der Waals surface area contributed by atoms with Gasteiger partial charge in [-0.05, 0) is 26.3 Å². The molecule has 0 saturated carbocycles. The molecule has 2 aliphatic rings. The molecule has 0 aliphatic carbocycles. The third kappa shape index (κ3) is 2.85. The van der Waals surface area contributed by atoms with E-state index in [1.54, 1.807) is 22.8 Å².